The molecule has 0 bridgehead atoms. The Morgan fingerprint density at radius 1 is 0.889 bits per heavy atom. The van der Waals surface area contributed by atoms with E-state index in [1.165, 1.54) is 0 Å². The van der Waals surface area contributed by atoms with Gasteiger partial charge in [0, 0.05) is 11.4 Å². The molecule has 0 atom stereocenters. The smallest absolute Gasteiger partial charge is 0.399 e. The van der Waals surface area contributed by atoms with Crippen molar-refractivity contribution in [2.24, 2.45) is 0 Å². The molecule has 0 aromatic heterocycles. The van der Waals surface area contributed by atoms with Crippen LogP contribution in [0.15, 0.2) is 42.5 Å². The number of rotatable bonds is 3. The SMILES string of the molecule is CC1(C)OB(c2cccc(NC(=O)Nc3ccc(Cl)c(Cl)c3)c2)OC1(C)C. The lowest BCUT2D eigenvalue weighted by Gasteiger charge is -2.32. The minimum Gasteiger partial charge on any atom is -0.399 e. The molecule has 2 aromatic rings. The summed E-state index contributed by atoms with van der Waals surface area (Å²) in [6.07, 6.45) is 0. The summed E-state index contributed by atoms with van der Waals surface area (Å²) in [6.45, 7) is 8.00. The number of nitrogens with one attached hydrogen (secondary N) is 2. The van der Waals surface area contributed by atoms with Gasteiger partial charge in [-0.25, -0.2) is 4.79 Å². The van der Waals surface area contributed by atoms with Gasteiger partial charge >= 0.3 is 13.1 Å². The van der Waals surface area contributed by atoms with Crippen LogP contribution < -0.4 is 16.1 Å². The number of halogens is 2. The van der Waals surface area contributed by atoms with Crippen molar-refractivity contribution >= 4 is 53.2 Å². The van der Waals surface area contributed by atoms with E-state index < -0.39 is 18.3 Å². The van der Waals surface area contributed by atoms with Gasteiger partial charge in [-0.3, -0.25) is 0 Å². The maximum Gasteiger partial charge on any atom is 0.494 e. The van der Waals surface area contributed by atoms with Crippen LogP contribution in [0.4, 0.5) is 16.2 Å². The summed E-state index contributed by atoms with van der Waals surface area (Å²) >= 11 is 11.8. The first-order valence-corrected chi connectivity index (χ1v) is 9.32. The predicted octanol–water partition coefficient (Wildman–Crippen LogP) is 4.94. The number of benzene rings is 2. The maximum atomic E-state index is 12.3. The fourth-order valence-corrected chi connectivity index (χ4v) is 2.91. The lowest BCUT2D eigenvalue weighted by Crippen LogP contribution is -2.41. The molecule has 0 spiro atoms. The molecule has 1 heterocycles. The molecule has 0 unspecified atom stereocenters. The van der Waals surface area contributed by atoms with Gasteiger partial charge in [0.25, 0.3) is 0 Å². The van der Waals surface area contributed by atoms with Gasteiger partial charge in [0.1, 0.15) is 0 Å². The second-order valence-electron chi connectivity index (χ2n) is 7.42. The number of hydrogen-bond acceptors (Lipinski definition) is 3. The van der Waals surface area contributed by atoms with Crippen molar-refractivity contribution in [3.05, 3.63) is 52.5 Å². The third-order valence-corrected chi connectivity index (χ3v) is 5.59. The second-order valence-corrected chi connectivity index (χ2v) is 8.24. The van der Waals surface area contributed by atoms with Gasteiger partial charge in [0.05, 0.1) is 21.2 Å². The van der Waals surface area contributed by atoms with Crippen LogP contribution in [0.1, 0.15) is 27.7 Å². The number of anilines is 2. The molecule has 1 aliphatic rings. The normalized spacial score (nSPS) is 17.6. The highest BCUT2D eigenvalue weighted by atomic mass is 35.5. The molecule has 0 radical (unpaired) electrons. The Morgan fingerprint density at radius 2 is 1.48 bits per heavy atom. The summed E-state index contributed by atoms with van der Waals surface area (Å²) in [7, 11) is -0.491. The van der Waals surface area contributed by atoms with E-state index in [2.05, 4.69) is 10.6 Å². The topological polar surface area (TPSA) is 59.6 Å². The van der Waals surface area contributed by atoms with E-state index in [-0.39, 0.29) is 6.03 Å². The molecule has 1 fully saturated rings. The highest BCUT2D eigenvalue weighted by Crippen LogP contribution is 2.36. The summed E-state index contributed by atoms with van der Waals surface area (Å²) in [5, 5.41) is 6.31. The Bertz CT molecular complexity index is 858. The highest BCUT2D eigenvalue weighted by molar-refractivity contribution is 6.62. The van der Waals surface area contributed by atoms with Crippen LogP contribution in [0.25, 0.3) is 0 Å². The Kier molecular flexibility index (Phi) is 5.46. The zero-order chi connectivity index (χ0) is 19.8. The summed E-state index contributed by atoms with van der Waals surface area (Å²) in [5.74, 6) is 0. The minimum atomic E-state index is -0.491. The summed E-state index contributed by atoms with van der Waals surface area (Å²) in [5.41, 5.74) is 1.16. The molecular weight excluding hydrogens is 386 g/mol. The fraction of sp³-hybridized carbons (Fsp3) is 0.316. The third-order valence-electron chi connectivity index (χ3n) is 4.85. The minimum absolute atomic E-state index is 0.372. The van der Waals surface area contributed by atoms with Crippen molar-refractivity contribution in [3.8, 4) is 0 Å². The quantitative estimate of drug-likeness (QED) is 0.710. The fourth-order valence-electron chi connectivity index (χ4n) is 2.61. The van der Waals surface area contributed by atoms with Gasteiger partial charge in [0.2, 0.25) is 0 Å². The average Bonchev–Trinajstić information content (AvgIpc) is 2.79. The summed E-state index contributed by atoms with van der Waals surface area (Å²) in [6, 6.07) is 11.9. The molecule has 8 heteroatoms. The number of amides is 2. The maximum absolute atomic E-state index is 12.3. The lowest BCUT2D eigenvalue weighted by atomic mass is 9.79. The van der Waals surface area contributed by atoms with E-state index in [1.807, 2.05) is 45.9 Å². The van der Waals surface area contributed by atoms with E-state index in [9.17, 15) is 4.79 Å². The van der Waals surface area contributed by atoms with E-state index >= 15 is 0 Å². The number of urea groups is 1. The van der Waals surface area contributed by atoms with Gasteiger partial charge in [-0.1, -0.05) is 35.3 Å². The van der Waals surface area contributed by atoms with Gasteiger partial charge in [-0.15, -0.1) is 0 Å². The van der Waals surface area contributed by atoms with Crippen LogP contribution in [0, 0.1) is 0 Å². The second kappa shape index (κ2) is 7.36. The van der Waals surface area contributed by atoms with Crippen molar-refractivity contribution in [1.29, 1.82) is 0 Å². The molecule has 3 rings (SSSR count). The summed E-state index contributed by atoms with van der Waals surface area (Å²) in [4.78, 5) is 12.3. The molecule has 142 valence electrons. The molecule has 0 saturated carbocycles. The van der Waals surface area contributed by atoms with Crippen LogP contribution in [-0.2, 0) is 9.31 Å². The largest absolute Gasteiger partial charge is 0.494 e. The van der Waals surface area contributed by atoms with Crippen molar-refractivity contribution in [3.63, 3.8) is 0 Å². The first-order valence-electron chi connectivity index (χ1n) is 8.56. The molecule has 1 saturated heterocycles. The van der Waals surface area contributed by atoms with E-state index in [4.69, 9.17) is 32.5 Å². The molecule has 2 N–H and O–H groups in total. The van der Waals surface area contributed by atoms with Crippen LogP contribution in [0.2, 0.25) is 10.0 Å². The molecular formula is C19H21BCl2N2O3. The average molecular weight is 407 g/mol. The van der Waals surface area contributed by atoms with Crippen molar-refractivity contribution in [2.45, 2.75) is 38.9 Å². The number of carbonyl (C=O) groups excluding carboxylic acids is 1. The van der Waals surface area contributed by atoms with E-state index in [1.54, 1.807) is 24.3 Å². The molecule has 5 nitrogen and oxygen atoms in total. The molecule has 0 aliphatic carbocycles. The van der Waals surface area contributed by atoms with Gasteiger partial charge in [-0.2, -0.15) is 0 Å². The van der Waals surface area contributed by atoms with Gasteiger partial charge in [-0.05, 0) is 63.5 Å². The van der Waals surface area contributed by atoms with Gasteiger partial charge in [0.15, 0.2) is 0 Å². The Morgan fingerprint density at radius 3 is 2.07 bits per heavy atom. The monoisotopic (exact) mass is 406 g/mol. The van der Waals surface area contributed by atoms with Crippen LogP contribution in [0.3, 0.4) is 0 Å². The standard InChI is InChI=1S/C19H21BCl2N2O3/c1-18(2)19(3,4)27-20(26-18)12-6-5-7-13(10-12)23-17(25)24-14-8-9-15(21)16(22)11-14/h5-11H,1-4H3,(H2,23,24,25). The Hall–Kier alpha value is -1.73. The zero-order valence-corrected chi connectivity index (χ0v) is 17.1. The summed E-state index contributed by atoms with van der Waals surface area (Å²) < 4.78 is 12.1. The first-order chi connectivity index (χ1) is 12.6. The van der Waals surface area contributed by atoms with Crippen LogP contribution in [0.5, 0.6) is 0 Å². The molecule has 27 heavy (non-hydrogen) atoms. The Balaban J connectivity index is 1.69. The van der Waals surface area contributed by atoms with Gasteiger partial charge < -0.3 is 19.9 Å². The van der Waals surface area contributed by atoms with E-state index in [0.717, 1.165) is 5.46 Å². The third kappa shape index (κ3) is 4.41. The van der Waals surface area contributed by atoms with E-state index in [0.29, 0.717) is 21.4 Å². The Labute approximate surface area is 169 Å². The zero-order valence-electron chi connectivity index (χ0n) is 15.6. The lowest BCUT2D eigenvalue weighted by molar-refractivity contribution is 0.00578. The molecule has 2 amide bonds. The molecule has 2 aromatic carbocycles. The first kappa shape index (κ1) is 20.0. The predicted molar refractivity (Wildman–Crippen MR) is 111 cm³/mol. The van der Waals surface area contributed by atoms with Crippen LogP contribution in [-0.4, -0.2) is 24.4 Å². The molecule has 1 aliphatic heterocycles. The van der Waals surface area contributed by atoms with Crippen molar-refractivity contribution in [1.82, 2.24) is 0 Å². The highest BCUT2D eigenvalue weighted by Gasteiger charge is 2.51. The van der Waals surface area contributed by atoms with Crippen LogP contribution >= 0.6 is 23.2 Å². The number of hydrogen-bond donors (Lipinski definition) is 2. The van der Waals surface area contributed by atoms with Crippen molar-refractivity contribution < 1.29 is 14.1 Å². The van der Waals surface area contributed by atoms with Crippen molar-refractivity contribution in [2.75, 3.05) is 10.6 Å². The number of carbonyl (C=O) groups is 1.